The minimum absolute atomic E-state index is 0.130. The Kier molecular flexibility index (Phi) is 5.57. The number of methoxy groups -OCH3 is 1. The lowest BCUT2D eigenvalue weighted by molar-refractivity contribution is 0.101. The summed E-state index contributed by atoms with van der Waals surface area (Å²) in [5, 5.41) is 14.4. The minimum atomic E-state index is -0.261. The van der Waals surface area contributed by atoms with E-state index in [1.165, 1.54) is 4.68 Å². The number of hydrogen-bond acceptors (Lipinski definition) is 6. The van der Waals surface area contributed by atoms with Gasteiger partial charge in [-0.25, -0.2) is 4.98 Å². The first-order chi connectivity index (χ1) is 14.1. The number of rotatable bonds is 7. The fourth-order valence-corrected chi connectivity index (χ4v) is 3.66. The lowest BCUT2D eigenvalue weighted by Gasteiger charge is -2.12. The van der Waals surface area contributed by atoms with Crippen molar-refractivity contribution in [3.8, 4) is 5.88 Å². The van der Waals surface area contributed by atoms with Gasteiger partial charge in [0.1, 0.15) is 11.8 Å². The first-order valence-corrected chi connectivity index (χ1v) is 9.58. The molecule has 0 unspecified atom stereocenters. The molecular weight excluding hydrogens is 372 g/mol. The predicted molar refractivity (Wildman–Crippen MR) is 106 cm³/mol. The number of aromatic nitrogens is 5. The number of nitrogens with one attached hydrogen (secondary N) is 2. The van der Waals surface area contributed by atoms with Gasteiger partial charge in [-0.1, -0.05) is 6.07 Å². The molecule has 0 bridgehead atoms. The minimum Gasteiger partial charge on any atom is -0.474 e. The van der Waals surface area contributed by atoms with Crippen LogP contribution >= 0.6 is 0 Å². The van der Waals surface area contributed by atoms with Gasteiger partial charge < -0.3 is 14.8 Å². The number of aryl methyl sites for hydroxylation is 1. The van der Waals surface area contributed by atoms with E-state index in [1.54, 1.807) is 26.4 Å². The van der Waals surface area contributed by atoms with E-state index in [0.717, 1.165) is 25.0 Å². The van der Waals surface area contributed by atoms with Gasteiger partial charge in [0.05, 0.1) is 12.3 Å². The average Bonchev–Trinajstić information content (AvgIpc) is 3.43. The lowest BCUT2D eigenvalue weighted by atomic mass is 10.0. The molecule has 0 aromatic carbocycles. The van der Waals surface area contributed by atoms with Crippen molar-refractivity contribution in [3.63, 3.8) is 0 Å². The standard InChI is InChI=1S/C20H24N6O3/c1-26-17(10-14(25-26)12-28-2)20(27)22-18-11-16(23-24-18)13-6-7-15(9-13)29-19-5-3-4-8-21-19/h3-5,8,10-11,13,15H,6-7,9,12H2,1-2H3,(H2,22,23,24,27)/t13-,15+/m0/s1. The van der Waals surface area contributed by atoms with Crippen molar-refractivity contribution >= 4 is 11.7 Å². The highest BCUT2D eigenvalue weighted by atomic mass is 16.5. The number of ether oxygens (including phenoxy) is 2. The maximum Gasteiger partial charge on any atom is 0.275 e. The molecule has 1 aliphatic rings. The smallest absolute Gasteiger partial charge is 0.275 e. The van der Waals surface area contributed by atoms with Crippen LogP contribution in [-0.4, -0.2) is 44.1 Å². The molecule has 3 aromatic heterocycles. The van der Waals surface area contributed by atoms with Gasteiger partial charge >= 0.3 is 0 Å². The largest absolute Gasteiger partial charge is 0.474 e. The molecular formula is C20H24N6O3. The zero-order valence-corrected chi connectivity index (χ0v) is 16.5. The normalized spacial score (nSPS) is 18.7. The van der Waals surface area contributed by atoms with E-state index < -0.39 is 0 Å². The average molecular weight is 396 g/mol. The molecule has 1 amide bonds. The van der Waals surface area contributed by atoms with E-state index in [0.29, 0.717) is 35.6 Å². The van der Waals surface area contributed by atoms with Gasteiger partial charge in [-0.3, -0.25) is 14.6 Å². The summed E-state index contributed by atoms with van der Waals surface area (Å²) in [4.78, 5) is 16.8. The number of hydrogen-bond donors (Lipinski definition) is 2. The summed E-state index contributed by atoms with van der Waals surface area (Å²) < 4.78 is 12.6. The quantitative estimate of drug-likeness (QED) is 0.636. The molecule has 1 saturated carbocycles. The van der Waals surface area contributed by atoms with Crippen LogP contribution in [0.15, 0.2) is 36.5 Å². The van der Waals surface area contributed by atoms with Crippen molar-refractivity contribution < 1.29 is 14.3 Å². The maximum atomic E-state index is 12.5. The first kappa shape index (κ1) is 19.1. The van der Waals surface area contributed by atoms with Gasteiger partial charge in [0.2, 0.25) is 5.88 Å². The lowest BCUT2D eigenvalue weighted by Crippen LogP contribution is -2.16. The molecule has 152 valence electrons. The predicted octanol–water partition coefficient (Wildman–Crippen LogP) is 2.65. The Morgan fingerprint density at radius 3 is 3.03 bits per heavy atom. The molecule has 3 aromatic rings. The van der Waals surface area contributed by atoms with Crippen molar-refractivity contribution in [2.45, 2.75) is 37.9 Å². The van der Waals surface area contributed by atoms with E-state index in [9.17, 15) is 4.79 Å². The van der Waals surface area contributed by atoms with Crippen molar-refractivity contribution in [1.82, 2.24) is 25.0 Å². The van der Waals surface area contributed by atoms with E-state index in [4.69, 9.17) is 9.47 Å². The fraction of sp³-hybridized carbons (Fsp3) is 0.400. The van der Waals surface area contributed by atoms with E-state index in [-0.39, 0.29) is 12.0 Å². The molecule has 4 rings (SSSR count). The van der Waals surface area contributed by atoms with Crippen LogP contribution in [-0.2, 0) is 18.4 Å². The molecule has 1 aliphatic carbocycles. The Balaban J connectivity index is 1.36. The molecule has 1 fully saturated rings. The molecule has 2 atom stereocenters. The van der Waals surface area contributed by atoms with Crippen LogP contribution in [0.5, 0.6) is 5.88 Å². The van der Waals surface area contributed by atoms with Crippen molar-refractivity contribution in [2.24, 2.45) is 7.05 Å². The van der Waals surface area contributed by atoms with Gasteiger partial charge in [-0.2, -0.15) is 10.2 Å². The zero-order chi connectivity index (χ0) is 20.2. The molecule has 0 aliphatic heterocycles. The summed E-state index contributed by atoms with van der Waals surface area (Å²) in [7, 11) is 3.32. The number of anilines is 1. The summed E-state index contributed by atoms with van der Waals surface area (Å²) in [5.41, 5.74) is 2.15. The Bertz CT molecular complexity index is 968. The topological polar surface area (TPSA) is 107 Å². The highest BCUT2D eigenvalue weighted by Crippen LogP contribution is 2.36. The van der Waals surface area contributed by atoms with Crippen LogP contribution in [0.1, 0.15) is 47.1 Å². The number of pyridine rings is 1. The second-order valence-electron chi connectivity index (χ2n) is 7.16. The van der Waals surface area contributed by atoms with Crippen LogP contribution in [0.25, 0.3) is 0 Å². The number of carbonyl (C=O) groups is 1. The Morgan fingerprint density at radius 1 is 1.34 bits per heavy atom. The van der Waals surface area contributed by atoms with Crippen molar-refractivity contribution in [1.29, 1.82) is 0 Å². The van der Waals surface area contributed by atoms with Gasteiger partial charge in [0.15, 0.2) is 5.82 Å². The van der Waals surface area contributed by atoms with Crippen LogP contribution in [0, 0.1) is 0 Å². The third kappa shape index (κ3) is 4.45. The summed E-state index contributed by atoms with van der Waals surface area (Å²) in [6, 6.07) is 9.25. The maximum absolute atomic E-state index is 12.5. The number of nitrogens with zero attached hydrogens (tertiary/aromatic N) is 4. The molecule has 9 nitrogen and oxygen atoms in total. The van der Waals surface area contributed by atoms with Gasteiger partial charge in [0.25, 0.3) is 5.91 Å². The fourth-order valence-electron chi connectivity index (χ4n) is 3.66. The molecule has 0 radical (unpaired) electrons. The van der Waals surface area contributed by atoms with Crippen LogP contribution in [0.4, 0.5) is 5.82 Å². The molecule has 2 N–H and O–H groups in total. The Labute approximate surface area is 168 Å². The van der Waals surface area contributed by atoms with E-state index in [2.05, 4.69) is 25.6 Å². The van der Waals surface area contributed by atoms with E-state index >= 15 is 0 Å². The SMILES string of the molecule is COCc1cc(C(=O)Nc2cc([C@H]3CC[C@@H](Oc4ccccn4)C3)[nH]n2)n(C)n1. The van der Waals surface area contributed by atoms with Gasteiger partial charge in [0, 0.05) is 44.1 Å². The van der Waals surface area contributed by atoms with Crippen LogP contribution in [0.3, 0.4) is 0 Å². The molecule has 3 heterocycles. The first-order valence-electron chi connectivity index (χ1n) is 9.58. The summed E-state index contributed by atoms with van der Waals surface area (Å²) in [6.45, 7) is 0.358. The Morgan fingerprint density at radius 2 is 2.24 bits per heavy atom. The number of aromatic amines is 1. The van der Waals surface area contributed by atoms with Crippen molar-refractivity contribution in [3.05, 3.63) is 53.6 Å². The Hall–Kier alpha value is -3.20. The third-order valence-corrected chi connectivity index (χ3v) is 5.04. The molecule has 29 heavy (non-hydrogen) atoms. The summed E-state index contributed by atoms with van der Waals surface area (Å²) >= 11 is 0. The number of amides is 1. The zero-order valence-electron chi connectivity index (χ0n) is 16.5. The van der Waals surface area contributed by atoms with Crippen molar-refractivity contribution in [2.75, 3.05) is 12.4 Å². The molecule has 0 spiro atoms. The van der Waals surface area contributed by atoms with Gasteiger partial charge in [-0.15, -0.1) is 0 Å². The number of H-pyrrole nitrogens is 1. The highest BCUT2D eigenvalue weighted by molar-refractivity contribution is 6.02. The van der Waals surface area contributed by atoms with E-state index in [1.807, 2.05) is 24.3 Å². The second kappa shape index (κ2) is 8.44. The van der Waals surface area contributed by atoms with Gasteiger partial charge in [-0.05, 0) is 31.4 Å². The monoisotopic (exact) mass is 396 g/mol. The third-order valence-electron chi connectivity index (χ3n) is 5.04. The number of carbonyl (C=O) groups excluding carboxylic acids is 1. The summed E-state index contributed by atoms with van der Waals surface area (Å²) in [5.74, 6) is 1.20. The van der Waals surface area contributed by atoms with Crippen LogP contribution in [0.2, 0.25) is 0 Å². The van der Waals surface area contributed by atoms with Crippen LogP contribution < -0.4 is 10.1 Å². The molecule has 9 heteroatoms. The summed E-state index contributed by atoms with van der Waals surface area (Å²) in [6.07, 6.45) is 4.69. The highest BCUT2D eigenvalue weighted by Gasteiger charge is 2.29. The molecule has 0 saturated heterocycles. The second-order valence-corrected chi connectivity index (χ2v) is 7.16.